The van der Waals surface area contributed by atoms with Crippen LogP contribution < -0.4 is 5.32 Å². The summed E-state index contributed by atoms with van der Waals surface area (Å²) in [7, 11) is 0. The Morgan fingerprint density at radius 3 is 2.74 bits per heavy atom. The second-order valence-corrected chi connectivity index (χ2v) is 8.24. The summed E-state index contributed by atoms with van der Waals surface area (Å²) >= 11 is 0. The average molecular weight is 467 g/mol. The van der Waals surface area contributed by atoms with E-state index in [2.05, 4.69) is 49.8 Å². The zero-order valence-electron chi connectivity index (χ0n) is 19.2. The molecule has 0 bridgehead atoms. The van der Waals surface area contributed by atoms with E-state index >= 15 is 0 Å². The highest BCUT2D eigenvalue weighted by atomic mass is 16.3. The van der Waals surface area contributed by atoms with Crippen molar-refractivity contribution in [3.05, 3.63) is 108 Å². The predicted molar refractivity (Wildman–Crippen MR) is 133 cm³/mol. The maximum Gasteiger partial charge on any atom is 0.251 e. The maximum atomic E-state index is 12.9. The van der Waals surface area contributed by atoms with E-state index in [4.69, 9.17) is 4.42 Å². The highest BCUT2D eigenvalue weighted by Crippen LogP contribution is 2.15. The van der Waals surface area contributed by atoms with E-state index in [9.17, 15) is 4.79 Å². The summed E-state index contributed by atoms with van der Waals surface area (Å²) in [6, 6.07) is 25.3. The number of rotatable bonds is 10. The minimum absolute atomic E-state index is 0.134. The van der Waals surface area contributed by atoms with Gasteiger partial charge in [-0.2, -0.15) is 4.68 Å². The Bertz CT molecular complexity index is 1380. The molecule has 3 heterocycles. The summed E-state index contributed by atoms with van der Waals surface area (Å²) in [6.07, 6.45) is 4.32. The molecule has 5 rings (SSSR count). The van der Waals surface area contributed by atoms with Crippen molar-refractivity contribution in [2.75, 3.05) is 19.6 Å². The van der Waals surface area contributed by atoms with Crippen molar-refractivity contribution in [2.45, 2.75) is 13.0 Å². The normalized spacial score (nSPS) is 11.2. The number of pyridine rings is 1. The number of carbonyl (C=O) groups excluding carboxylic acids is 1. The Balaban J connectivity index is 1.21. The topological polar surface area (TPSA) is 89.1 Å². The molecule has 2 aromatic carbocycles. The first-order valence-electron chi connectivity index (χ1n) is 11.6. The largest absolute Gasteiger partial charge is 0.468 e. The van der Waals surface area contributed by atoms with E-state index in [1.54, 1.807) is 29.3 Å². The van der Waals surface area contributed by atoms with Gasteiger partial charge in [0.2, 0.25) is 0 Å². The molecule has 0 spiro atoms. The van der Waals surface area contributed by atoms with Crippen LogP contribution in [0.2, 0.25) is 0 Å². The Morgan fingerprint density at radius 1 is 0.971 bits per heavy atom. The molecule has 0 aliphatic rings. The second kappa shape index (κ2) is 10.8. The molecule has 0 saturated heterocycles. The molecule has 0 atom stereocenters. The summed E-state index contributed by atoms with van der Waals surface area (Å²) in [4.78, 5) is 19.5. The van der Waals surface area contributed by atoms with Gasteiger partial charge in [-0.05, 0) is 54.4 Å². The molecule has 5 aromatic rings. The number of benzene rings is 2. The Hall–Kier alpha value is -4.30. The van der Waals surface area contributed by atoms with Gasteiger partial charge in [0, 0.05) is 31.4 Å². The Kier molecular flexibility index (Phi) is 6.91. The zero-order valence-corrected chi connectivity index (χ0v) is 19.2. The molecular weight excluding hydrogens is 440 g/mol. The van der Waals surface area contributed by atoms with Crippen LogP contribution in [0.5, 0.6) is 0 Å². The molecule has 0 unspecified atom stereocenters. The van der Waals surface area contributed by atoms with Crippen LogP contribution in [0.25, 0.3) is 16.9 Å². The van der Waals surface area contributed by atoms with Crippen LogP contribution in [-0.4, -0.2) is 50.4 Å². The number of aromatic nitrogens is 4. The van der Waals surface area contributed by atoms with Gasteiger partial charge in [0.15, 0.2) is 5.65 Å². The first-order chi connectivity index (χ1) is 17.3. The van der Waals surface area contributed by atoms with Crippen molar-refractivity contribution in [2.24, 2.45) is 0 Å². The number of amides is 1. The van der Waals surface area contributed by atoms with Crippen molar-refractivity contribution < 1.29 is 9.21 Å². The van der Waals surface area contributed by atoms with Crippen molar-refractivity contribution in [1.29, 1.82) is 0 Å². The highest BCUT2D eigenvalue weighted by molar-refractivity contribution is 5.94. The van der Waals surface area contributed by atoms with Crippen LogP contribution in [0.1, 0.15) is 21.7 Å². The lowest BCUT2D eigenvalue weighted by Crippen LogP contribution is -2.35. The summed E-state index contributed by atoms with van der Waals surface area (Å²) < 4.78 is 7.18. The molecule has 0 radical (unpaired) electrons. The van der Waals surface area contributed by atoms with Crippen molar-refractivity contribution in [1.82, 2.24) is 30.2 Å². The van der Waals surface area contributed by atoms with Crippen LogP contribution in [0.3, 0.4) is 0 Å². The van der Waals surface area contributed by atoms with Crippen LogP contribution in [-0.2, 0) is 13.0 Å². The van der Waals surface area contributed by atoms with Crippen LogP contribution in [0, 0.1) is 0 Å². The van der Waals surface area contributed by atoms with Gasteiger partial charge in [-0.25, -0.2) is 4.98 Å². The lowest BCUT2D eigenvalue weighted by Gasteiger charge is -2.21. The number of hydrogen-bond acceptors (Lipinski definition) is 6. The van der Waals surface area contributed by atoms with Crippen molar-refractivity contribution >= 4 is 17.1 Å². The van der Waals surface area contributed by atoms with E-state index in [1.807, 2.05) is 42.5 Å². The molecular formula is C27H26N6O2. The Labute approximate surface area is 203 Å². The van der Waals surface area contributed by atoms with E-state index in [0.29, 0.717) is 36.4 Å². The number of carbonyl (C=O) groups is 1. The van der Waals surface area contributed by atoms with Gasteiger partial charge in [0.05, 0.1) is 18.5 Å². The molecule has 1 N–H and O–H groups in total. The van der Waals surface area contributed by atoms with Gasteiger partial charge >= 0.3 is 0 Å². The minimum Gasteiger partial charge on any atom is -0.468 e. The van der Waals surface area contributed by atoms with Crippen LogP contribution in [0.4, 0.5) is 0 Å². The SMILES string of the molecule is O=C(NCCN(CCc1ccccc1)Cc1ccco1)c1cccc(-n2nnc3cccnc32)c1. The number of nitrogens with zero attached hydrogens (tertiary/aromatic N) is 5. The standard InChI is InChI=1S/C27H26N6O2/c34-27(22-9-4-10-23(19-22)33-26-25(30-31-33)12-5-14-28-26)29-15-17-32(20-24-11-6-18-35-24)16-13-21-7-2-1-3-8-21/h1-12,14,18-19H,13,15-17,20H2,(H,29,34). The highest BCUT2D eigenvalue weighted by Gasteiger charge is 2.13. The average Bonchev–Trinajstić information content (AvgIpc) is 3.58. The Morgan fingerprint density at radius 2 is 1.89 bits per heavy atom. The van der Waals surface area contributed by atoms with Crippen molar-refractivity contribution in [3.8, 4) is 5.69 Å². The lowest BCUT2D eigenvalue weighted by molar-refractivity contribution is 0.0947. The molecule has 176 valence electrons. The molecule has 8 nitrogen and oxygen atoms in total. The predicted octanol–water partition coefficient (Wildman–Crippen LogP) is 3.88. The van der Waals surface area contributed by atoms with Gasteiger partial charge in [-0.1, -0.05) is 41.6 Å². The summed E-state index contributed by atoms with van der Waals surface area (Å²) in [5.41, 5.74) is 3.93. The van der Waals surface area contributed by atoms with E-state index in [-0.39, 0.29) is 5.91 Å². The minimum atomic E-state index is -0.134. The number of hydrogen-bond donors (Lipinski definition) is 1. The van der Waals surface area contributed by atoms with E-state index in [1.165, 1.54) is 5.56 Å². The number of nitrogens with one attached hydrogen (secondary N) is 1. The summed E-state index contributed by atoms with van der Waals surface area (Å²) in [5, 5.41) is 11.4. The second-order valence-electron chi connectivity index (χ2n) is 8.24. The van der Waals surface area contributed by atoms with Gasteiger partial charge in [0.25, 0.3) is 5.91 Å². The fourth-order valence-corrected chi connectivity index (χ4v) is 3.97. The zero-order chi connectivity index (χ0) is 23.9. The van der Waals surface area contributed by atoms with Gasteiger partial charge in [-0.3, -0.25) is 9.69 Å². The first-order valence-corrected chi connectivity index (χ1v) is 11.6. The third-order valence-corrected chi connectivity index (χ3v) is 5.79. The monoisotopic (exact) mass is 466 g/mol. The summed E-state index contributed by atoms with van der Waals surface area (Å²) in [6.45, 7) is 2.78. The molecule has 0 aliphatic carbocycles. The van der Waals surface area contributed by atoms with Crippen molar-refractivity contribution in [3.63, 3.8) is 0 Å². The van der Waals surface area contributed by atoms with Gasteiger partial charge < -0.3 is 9.73 Å². The lowest BCUT2D eigenvalue weighted by atomic mass is 10.1. The number of furan rings is 1. The first kappa shape index (κ1) is 22.5. The molecule has 35 heavy (non-hydrogen) atoms. The molecule has 0 saturated carbocycles. The van der Waals surface area contributed by atoms with Crippen LogP contribution in [0.15, 0.2) is 95.7 Å². The number of fused-ring (bicyclic) bond motifs is 1. The van der Waals surface area contributed by atoms with Gasteiger partial charge in [0.1, 0.15) is 11.3 Å². The maximum absolute atomic E-state index is 12.9. The van der Waals surface area contributed by atoms with Gasteiger partial charge in [-0.15, -0.1) is 5.10 Å². The quantitative estimate of drug-likeness (QED) is 0.336. The molecule has 8 heteroatoms. The molecule has 1 amide bonds. The summed E-state index contributed by atoms with van der Waals surface area (Å²) in [5.74, 6) is 0.774. The fourth-order valence-electron chi connectivity index (χ4n) is 3.97. The molecule has 3 aromatic heterocycles. The fraction of sp³-hybridized carbons (Fsp3) is 0.185. The van der Waals surface area contributed by atoms with E-state index < -0.39 is 0 Å². The smallest absolute Gasteiger partial charge is 0.251 e. The van der Waals surface area contributed by atoms with E-state index in [0.717, 1.165) is 24.4 Å². The third-order valence-electron chi connectivity index (χ3n) is 5.79. The third kappa shape index (κ3) is 5.62. The molecule has 0 fully saturated rings. The molecule has 0 aliphatic heterocycles. The van der Waals surface area contributed by atoms with Crippen LogP contribution >= 0.6 is 0 Å².